The molecule has 1 N–H and O–H groups in total. The maximum atomic E-state index is 13.4. The van der Waals surface area contributed by atoms with Gasteiger partial charge in [-0.3, -0.25) is 14.5 Å². The molecule has 4 aromatic rings. The SMILES string of the molecule is O=C(C1=C(O)C(=O)N(c2nnc(SCc3ccccc3Cl)s2)C1c1ccc(Cl)cc1Cl)c1cccs1. The number of nitrogens with zero attached hydrogens (tertiary/aromatic N) is 3. The maximum Gasteiger partial charge on any atom is 0.296 e. The van der Waals surface area contributed by atoms with Gasteiger partial charge in [0.05, 0.1) is 16.5 Å². The van der Waals surface area contributed by atoms with Gasteiger partial charge >= 0.3 is 0 Å². The van der Waals surface area contributed by atoms with Crippen LogP contribution in [-0.2, 0) is 10.5 Å². The number of hydrogen-bond acceptors (Lipinski definition) is 8. The quantitative estimate of drug-likeness (QED) is 0.135. The molecule has 1 amide bonds. The number of ketones is 1. The molecule has 0 bridgehead atoms. The molecule has 36 heavy (non-hydrogen) atoms. The Bertz CT molecular complexity index is 1500. The van der Waals surface area contributed by atoms with Crippen LogP contribution in [0.15, 0.2) is 75.6 Å². The number of thioether (sulfide) groups is 1. The summed E-state index contributed by atoms with van der Waals surface area (Å²) in [6.45, 7) is 0. The third kappa shape index (κ3) is 4.79. The number of rotatable bonds is 7. The third-order valence-corrected chi connectivity index (χ3v) is 9.27. The largest absolute Gasteiger partial charge is 0.503 e. The summed E-state index contributed by atoms with van der Waals surface area (Å²) >= 11 is 22.6. The van der Waals surface area contributed by atoms with Gasteiger partial charge in [-0.25, -0.2) is 0 Å². The van der Waals surface area contributed by atoms with Crippen molar-refractivity contribution < 1.29 is 14.7 Å². The number of amides is 1. The van der Waals surface area contributed by atoms with Crippen molar-refractivity contribution >= 4 is 86.1 Å². The summed E-state index contributed by atoms with van der Waals surface area (Å²) in [6, 6.07) is 14.6. The van der Waals surface area contributed by atoms with E-state index in [1.54, 1.807) is 29.6 Å². The van der Waals surface area contributed by atoms with E-state index in [1.165, 1.54) is 45.4 Å². The number of aliphatic hydroxyl groups is 1. The molecule has 0 radical (unpaired) electrons. The van der Waals surface area contributed by atoms with Crippen molar-refractivity contribution in [2.24, 2.45) is 0 Å². The van der Waals surface area contributed by atoms with E-state index in [9.17, 15) is 14.7 Å². The molecule has 6 nitrogen and oxygen atoms in total. The predicted octanol–water partition coefficient (Wildman–Crippen LogP) is 7.64. The summed E-state index contributed by atoms with van der Waals surface area (Å²) in [5.74, 6) is -1.32. The summed E-state index contributed by atoms with van der Waals surface area (Å²) in [5, 5.41) is 22.5. The molecule has 2 aromatic heterocycles. The molecule has 3 heterocycles. The Morgan fingerprint density at radius 1 is 1.06 bits per heavy atom. The van der Waals surface area contributed by atoms with Crippen molar-refractivity contribution in [2.75, 3.05) is 4.90 Å². The Labute approximate surface area is 233 Å². The van der Waals surface area contributed by atoms with E-state index < -0.39 is 23.5 Å². The lowest BCUT2D eigenvalue weighted by molar-refractivity contribution is -0.117. The number of hydrogen-bond donors (Lipinski definition) is 1. The fourth-order valence-corrected chi connectivity index (χ4v) is 7.05. The maximum absolute atomic E-state index is 13.4. The Hall–Kier alpha value is -2.40. The fourth-order valence-electron chi connectivity index (χ4n) is 3.71. The first kappa shape index (κ1) is 25.3. The van der Waals surface area contributed by atoms with E-state index in [4.69, 9.17) is 34.8 Å². The lowest BCUT2D eigenvalue weighted by Crippen LogP contribution is -2.31. The number of Topliss-reactive ketones (excluding diaryl/α,β-unsaturated/α-hetero) is 1. The first-order valence-electron chi connectivity index (χ1n) is 10.3. The molecule has 182 valence electrons. The Morgan fingerprint density at radius 3 is 2.58 bits per heavy atom. The second kappa shape index (κ2) is 10.5. The summed E-state index contributed by atoms with van der Waals surface area (Å²) in [5.41, 5.74) is 1.29. The third-order valence-electron chi connectivity index (χ3n) is 5.37. The zero-order valence-electron chi connectivity index (χ0n) is 18.0. The van der Waals surface area contributed by atoms with Gasteiger partial charge in [-0.15, -0.1) is 21.5 Å². The number of aromatic nitrogens is 2. The van der Waals surface area contributed by atoms with Gasteiger partial charge in [-0.2, -0.15) is 0 Å². The monoisotopic (exact) mass is 593 g/mol. The molecule has 1 atom stereocenters. The first-order valence-corrected chi connectivity index (χ1v) is 14.2. The highest BCUT2D eigenvalue weighted by molar-refractivity contribution is 8.00. The molecule has 1 aliphatic heterocycles. The number of benzene rings is 2. The molecular weight excluding hydrogens is 581 g/mol. The van der Waals surface area contributed by atoms with E-state index in [0.29, 0.717) is 30.6 Å². The highest BCUT2D eigenvalue weighted by atomic mass is 35.5. The highest BCUT2D eigenvalue weighted by Gasteiger charge is 2.47. The van der Waals surface area contributed by atoms with Crippen LogP contribution in [0.25, 0.3) is 0 Å². The minimum atomic E-state index is -1.01. The molecule has 2 aromatic carbocycles. The lowest BCUT2D eigenvalue weighted by Gasteiger charge is -2.24. The second-order valence-corrected chi connectivity index (χ2v) is 11.9. The van der Waals surface area contributed by atoms with Gasteiger partial charge in [0, 0.05) is 20.8 Å². The number of halogens is 3. The van der Waals surface area contributed by atoms with Crippen LogP contribution in [0, 0.1) is 0 Å². The van der Waals surface area contributed by atoms with Gasteiger partial charge in [-0.1, -0.05) is 88.2 Å². The normalized spacial score (nSPS) is 15.7. The summed E-state index contributed by atoms with van der Waals surface area (Å²) < 4.78 is 0.594. The number of aliphatic hydroxyl groups excluding tert-OH is 1. The van der Waals surface area contributed by atoms with E-state index in [2.05, 4.69) is 10.2 Å². The Kier molecular flexibility index (Phi) is 7.39. The molecule has 1 unspecified atom stereocenters. The number of carbonyl (C=O) groups is 2. The van der Waals surface area contributed by atoms with Crippen LogP contribution in [0.5, 0.6) is 0 Å². The van der Waals surface area contributed by atoms with Crippen LogP contribution in [0.3, 0.4) is 0 Å². The minimum absolute atomic E-state index is 0.0767. The highest BCUT2D eigenvalue weighted by Crippen LogP contribution is 2.46. The molecular formula is C24H14Cl3N3O3S3. The van der Waals surface area contributed by atoms with Crippen molar-refractivity contribution in [1.82, 2.24) is 10.2 Å². The van der Waals surface area contributed by atoms with E-state index >= 15 is 0 Å². The van der Waals surface area contributed by atoms with Gasteiger partial charge in [0.1, 0.15) is 0 Å². The zero-order valence-corrected chi connectivity index (χ0v) is 22.7. The van der Waals surface area contributed by atoms with Crippen molar-refractivity contribution in [3.8, 4) is 0 Å². The van der Waals surface area contributed by atoms with Gasteiger partial charge < -0.3 is 5.11 Å². The second-order valence-electron chi connectivity index (χ2n) is 7.54. The molecule has 12 heteroatoms. The molecule has 0 saturated carbocycles. The Morgan fingerprint density at radius 2 is 1.86 bits per heavy atom. The predicted molar refractivity (Wildman–Crippen MR) is 146 cm³/mol. The summed E-state index contributed by atoms with van der Waals surface area (Å²) in [6.07, 6.45) is 0. The topological polar surface area (TPSA) is 83.4 Å². The number of anilines is 1. The van der Waals surface area contributed by atoms with Crippen molar-refractivity contribution in [3.05, 3.63) is 102 Å². The lowest BCUT2D eigenvalue weighted by atomic mass is 9.95. The smallest absolute Gasteiger partial charge is 0.296 e. The van der Waals surface area contributed by atoms with Crippen LogP contribution in [0.2, 0.25) is 15.1 Å². The van der Waals surface area contributed by atoms with Crippen LogP contribution < -0.4 is 4.90 Å². The standard InChI is InChI=1S/C24H14Cl3N3O3S3/c25-13-7-8-14(16(27)10-13)19-18(20(31)17-6-3-9-34-17)21(32)22(33)30(19)23-28-29-24(36-23)35-11-12-4-1-2-5-15(12)26/h1-10,19,32H,11H2. The Balaban J connectivity index is 1.52. The number of carbonyl (C=O) groups excluding carboxylic acids is 2. The fraction of sp³-hybridized carbons (Fsp3) is 0.0833. The molecule has 0 fully saturated rings. The van der Waals surface area contributed by atoms with Gasteiger partial charge in [0.15, 0.2) is 10.1 Å². The van der Waals surface area contributed by atoms with E-state index in [0.717, 1.165) is 5.56 Å². The summed E-state index contributed by atoms with van der Waals surface area (Å²) in [7, 11) is 0. The van der Waals surface area contributed by atoms with Crippen LogP contribution in [0.4, 0.5) is 5.13 Å². The average molecular weight is 595 g/mol. The zero-order chi connectivity index (χ0) is 25.4. The first-order chi connectivity index (χ1) is 17.3. The molecule has 1 aliphatic rings. The molecule has 0 spiro atoms. The van der Waals surface area contributed by atoms with Crippen molar-refractivity contribution in [1.29, 1.82) is 0 Å². The molecule has 5 rings (SSSR count). The molecule has 0 aliphatic carbocycles. The molecule has 0 saturated heterocycles. The van der Waals surface area contributed by atoms with Crippen LogP contribution in [0.1, 0.15) is 26.8 Å². The van der Waals surface area contributed by atoms with Gasteiger partial charge in [0.25, 0.3) is 5.91 Å². The minimum Gasteiger partial charge on any atom is -0.503 e. The van der Waals surface area contributed by atoms with Crippen LogP contribution in [-0.4, -0.2) is 27.0 Å². The van der Waals surface area contributed by atoms with Crippen molar-refractivity contribution in [3.63, 3.8) is 0 Å². The van der Waals surface area contributed by atoms with Crippen molar-refractivity contribution in [2.45, 2.75) is 16.1 Å². The van der Waals surface area contributed by atoms with E-state index in [1.807, 2.05) is 24.3 Å². The van der Waals surface area contributed by atoms with Gasteiger partial charge in [0.2, 0.25) is 10.9 Å². The van der Waals surface area contributed by atoms with Gasteiger partial charge in [-0.05, 0) is 40.8 Å². The average Bonchev–Trinajstić information content (AvgIpc) is 3.60. The van der Waals surface area contributed by atoms with E-state index in [-0.39, 0.29) is 15.7 Å². The number of thiophene rings is 1. The van der Waals surface area contributed by atoms with Crippen LogP contribution >= 0.6 is 69.2 Å². The summed E-state index contributed by atoms with van der Waals surface area (Å²) in [4.78, 5) is 28.3.